The van der Waals surface area contributed by atoms with Crippen LogP contribution in [0.25, 0.3) is 0 Å². The molecule has 1 aromatic rings. The van der Waals surface area contributed by atoms with Crippen LogP contribution in [0, 0.1) is 0 Å². The van der Waals surface area contributed by atoms with Crippen LogP contribution in [0.1, 0.15) is 18.5 Å². The van der Waals surface area contributed by atoms with E-state index in [0.29, 0.717) is 6.04 Å². The van der Waals surface area contributed by atoms with Gasteiger partial charge in [0.15, 0.2) is 0 Å². The van der Waals surface area contributed by atoms with E-state index in [9.17, 15) is 0 Å². The first-order chi connectivity index (χ1) is 8.15. The van der Waals surface area contributed by atoms with Crippen molar-refractivity contribution in [3.8, 4) is 0 Å². The van der Waals surface area contributed by atoms with E-state index in [0.717, 1.165) is 24.5 Å². The van der Waals surface area contributed by atoms with E-state index in [1.165, 1.54) is 19.4 Å². The van der Waals surface area contributed by atoms with Gasteiger partial charge in [0.25, 0.3) is 0 Å². The summed E-state index contributed by atoms with van der Waals surface area (Å²) in [6, 6.07) is 4.58. The van der Waals surface area contributed by atoms with E-state index in [2.05, 4.69) is 28.9 Å². The number of nitrogen functional groups attached to an aromatic ring is 1. The van der Waals surface area contributed by atoms with Crippen LogP contribution in [-0.2, 0) is 6.54 Å². The molecule has 1 fully saturated rings. The molecule has 0 aliphatic carbocycles. The van der Waals surface area contributed by atoms with Crippen LogP contribution in [0.3, 0.4) is 0 Å². The number of nitrogens with zero attached hydrogens (tertiary/aromatic N) is 3. The average Bonchev–Trinajstić information content (AvgIpc) is 2.32. The van der Waals surface area contributed by atoms with Crippen molar-refractivity contribution in [2.45, 2.75) is 25.4 Å². The van der Waals surface area contributed by atoms with E-state index in [1.807, 2.05) is 12.1 Å². The normalized spacial score (nSPS) is 21.9. The maximum absolute atomic E-state index is 5.64. The van der Waals surface area contributed by atoms with E-state index in [4.69, 9.17) is 5.73 Å². The minimum absolute atomic E-state index is 0.646. The van der Waals surface area contributed by atoms with E-state index in [1.54, 1.807) is 6.20 Å². The van der Waals surface area contributed by atoms with Gasteiger partial charge in [-0.3, -0.25) is 9.88 Å². The average molecular weight is 234 g/mol. The first-order valence-corrected chi connectivity index (χ1v) is 6.24. The third-order valence-corrected chi connectivity index (χ3v) is 3.48. The van der Waals surface area contributed by atoms with Gasteiger partial charge in [-0.15, -0.1) is 0 Å². The predicted molar refractivity (Wildman–Crippen MR) is 70.6 cm³/mol. The van der Waals surface area contributed by atoms with Gasteiger partial charge in [-0.1, -0.05) is 0 Å². The number of hydrogen-bond acceptors (Lipinski definition) is 4. The third-order valence-electron chi connectivity index (χ3n) is 3.48. The first-order valence-electron chi connectivity index (χ1n) is 6.24. The fourth-order valence-corrected chi connectivity index (χ4v) is 2.41. The molecule has 0 aromatic carbocycles. The minimum atomic E-state index is 0.646. The number of likely N-dealkylation sites (N-methyl/N-ethyl adjacent to an activating group) is 2. The van der Waals surface area contributed by atoms with Gasteiger partial charge in [0, 0.05) is 19.1 Å². The van der Waals surface area contributed by atoms with Crippen molar-refractivity contribution in [1.82, 2.24) is 14.8 Å². The van der Waals surface area contributed by atoms with Crippen molar-refractivity contribution in [2.75, 3.05) is 32.9 Å². The largest absolute Gasteiger partial charge is 0.397 e. The SMILES string of the molecule is CN1CCCC(N(C)Cc2ccc(N)cn2)C1. The quantitative estimate of drug-likeness (QED) is 0.853. The maximum Gasteiger partial charge on any atom is 0.0545 e. The summed E-state index contributed by atoms with van der Waals surface area (Å²) in [4.78, 5) is 9.15. The highest BCUT2D eigenvalue weighted by molar-refractivity contribution is 5.34. The second-order valence-electron chi connectivity index (χ2n) is 5.06. The molecule has 2 rings (SSSR count). The third kappa shape index (κ3) is 3.41. The Hall–Kier alpha value is -1.13. The molecule has 2 N–H and O–H groups in total. The van der Waals surface area contributed by atoms with Crippen LogP contribution in [0.2, 0.25) is 0 Å². The fourth-order valence-electron chi connectivity index (χ4n) is 2.41. The Bertz CT molecular complexity index is 349. The van der Waals surface area contributed by atoms with Gasteiger partial charge in [0.2, 0.25) is 0 Å². The summed E-state index contributed by atoms with van der Waals surface area (Å²) in [6.45, 7) is 3.29. The Morgan fingerprint density at radius 2 is 2.35 bits per heavy atom. The van der Waals surface area contributed by atoms with Gasteiger partial charge in [0.1, 0.15) is 0 Å². The van der Waals surface area contributed by atoms with Gasteiger partial charge in [-0.05, 0) is 45.6 Å². The summed E-state index contributed by atoms with van der Waals surface area (Å²) in [5, 5.41) is 0. The zero-order chi connectivity index (χ0) is 12.3. The van der Waals surface area contributed by atoms with Crippen molar-refractivity contribution in [1.29, 1.82) is 0 Å². The van der Waals surface area contributed by atoms with Gasteiger partial charge in [0.05, 0.1) is 17.6 Å². The molecule has 0 radical (unpaired) electrons. The molecule has 1 unspecified atom stereocenters. The number of rotatable bonds is 3. The lowest BCUT2D eigenvalue weighted by atomic mass is 10.0. The lowest BCUT2D eigenvalue weighted by molar-refractivity contribution is 0.128. The molecule has 1 atom stereocenters. The molecular weight excluding hydrogens is 212 g/mol. The maximum atomic E-state index is 5.64. The van der Waals surface area contributed by atoms with Crippen LogP contribution in [-0.4, -0.2) is 48.0 Å². The van der Waals surface area contributed by atoms with Crippen molar-refractivity contribution >= 4 is 5.69 Å². The van der Waals surface area contributed by atoms with E-state index < -0.39 is 0 Å². The van der Waals surface area contributed by atoms with Crippen molar-refractivity contribution in [3.05, 3.63) is 24.0 Å². The number of aromatic nitrogens is 1. The standard InChI is InChI=1S/C13H22N4/c1-16-7-3-4-13(10-16)17(2)9-12-6-5-11(14)8-15-12/h5-6,8,13H,3-4,7,9-10,14H2,1-2H3. The molecule has 2 heterocycles. The van der Waals surface area contributed by atoms with Crippen LogP contribution in [0.5, 0.6) is 0 Å². The van der Waals surface area contributed by atoms with Crippen LogP contribution >= 0.6 is 0 Å². The first kappa shape index (κ1) is 12.3. The summed E-state index contributed by atoms with van der Waals surface area (Å²) in [7, 11) is 4.38. The lowest BCUT2D eigenvalue weighted by Gasteiger charge is -2.35. The van der Waals surface area contributed by atoms with Crippen molar-refractivity contribution < 1.29 is 0 Å². The van der Waals surface area contributed by atoms with Crippen LogP contribution in [0.4, 0.5) is 5.69 Å². The highest BCUT2D eigenvalue weighted by atomic mass is 15.2. The zero-order valence-corrected chi connectivity index (χ0v) is 10.8. The minimum Gasteiger partial charge on any atom is -0.397 e. The topological polar surface area (TPSA) is 45.4 Å². The molecule has 0 spiro atoms. The molecular formula is C13H22N4. The molecule has 1 aromatic heterocycles. The number of pyridine rings is 1. The van der Waals surface area contributed by atoms with Crippen LogP contribution in [0.15, 0.2) is 18.3 Å². The summed E-state index contributed by atoms with van der Waals surface area (Å²) in [5.74, 6) is 0. The smallest absolute Gasteiger partial charge is 0.0545 e. The molecule has 17 heavy (non-hydrogen) atoms. The molecule has 94 valence electrons. The summed E-state index contributed by atoms with van der Waals surface area (Å²) >= 11 is 0. The molecule has 0 saturated carbocycles. The molecule has 4 heteroatoms. The zero-order valence-electron chi connectivity index (χ0n) is 10.8. The van der Waals surface area contributed by atoms with Crippen molar-refractivity contribution in [2.24, 2.45) is 0 Å². The second-order valence-corrected chi connectivity index (χ2v) is 5.06. The molecule has 1 aliphatic heterocycles. The Labute approximate surface area is 103 Å². The van der Waals surface area contributed by atoms with E-state index >= 15 is 0 Å². The Balaban J connectivity index is 1.91. The predicted octanol–water partition coefficient (Wildman–Crippen LogP) is 1.19. The van der Waals surface area contributed by atoms with Gasteiger partial charge in [-0.25, -0.2) is 0 Å². The van der Waals surface area contributed by atoms with Gasteiger partial charge >= 0.3 is 0 Å². The molecule has 0 bridgehead atoms. The molecule has 1 aliphatic rings. The van der Waals surface area contributed by atoms with Crippen LogP contribution < -0.4 is 5.73 Å². The number of likely N-dealkylation sites (tertiary alicyclic amines) is 1. The summed E-state index contributed by atoms with van der Waals surface area (Å²) < 4.78 is 0. The number of piperidine rings is 1. The van der Waals surface area contributed by atoms with Gasteiger partial charge in [-0.2, -0.15) is 0 Å². The second kappa shape index (κ2) is 5.47. The van der Waals surface area contributed by atoms with Crippen molar-refractivity contribution in [3.63, 3.8) is 0 Å². The monoisotopic (exact) mass is 234 g/mol. The lowest BCUT2D eigenvalue weighted by Crippen LogP contribution is -2.44. The number of anilines is 1. The highest BCUT2D eigenvalue weighted by Gasteiger charge is 2.21. The summed E-state index contributed by atoms with van der Waals surface area (Å²) in [5.41, 5.74) is 7.46. The summed E-state index contributed by atoms with van der Waals surface area (Å²) in [6.07, 6.45) is 4.31. The Morgan fingerprint density at radius 3 is 3.00 bits per heavy atom. The molecule has 4 nitrogen and oxygen atoms in total. The number of nitrogens with two attached hydrogens (primary N) is 1. The van der Waals surface area contributed by atoms with Gasteiger partial charge < -0.3 is 10.6 Å². The Kier molecular flexibility index (Phi) is 3.97. The highest BCUT2D eigenvalue weighted by Crippen LogP contribution is 2.15. The number of hydrogen-bond donors (Lipinski definition) is 1. The fraction of sp³-hybridized carbons (Fsp3) is 0.615. The van der Waals surface area contributed by atoms with E-state index in [-0.39, 0.29) is 0 Å². The Morgan fingerprint density at radius 1 is 1.53 bits per heavy atom. The molecule has 0 amide bonds. The molecule has 1 saturated heterocycles.